The molecule has 0 aliphatic rings. The zero-order chi connectivity index (χ0) is 23.3. The van der Waals surface area contributed by atoms with Crippen molar-refractivity contribution < 1.29 is 13.3 Å². The highest BCUT2D eigenvalue weighted by molar-refractivity contribution is 7.89. The van der Waals surface area contributed by atoms with E-state index in [-0.39, 0.29) is 16.5 Å². The van der Waals surface area contributed by atoms with Crippen LogP contribution >= 0.6 is 11.6 Å². The van der Waals surface area contributed by atoms with Crippen molar-refractivity contribution in [3.05, 3.63) is 64.1 Å². The summed E-state index contributed by atoms with van der Waals surface area (Å²) in [6.45, 7) is 4.22. The monoisotopic (exact) mass is 477 g/mol. The number of hydrogen-bond acceptors (Lipinski definition) is 9. The highest BCUT2D eigenvalue weighted by atomic mass is 35.5. The van der Waals surface area contributed by atoms with Crippen LogP contribution in [0.2, 0.25) is 5.02 Å². The summed E-state index contributed by atoms with van der Waals surface area (Å²) in [6.07, 6.45) is 2.55. The first kappa shape index (κ1) is 23.3. The van der Waals surface area contributed by atoms with E-state index in [1.807, 2.05) is 0 Å². The maximum absolute atomic E-state index is 12.6. The van der Waals surface area contributed by atoms with E-state index in [0.29, 0.717) is 29.6 Å². The van der Waals surface area contributed by atoms with Crippen LogP contribution in [0.3, 0.4) is 0 Å². The molecular weight excluding hydrogens is 458 g/mol. The normalized spacial score (nSPS) is 11.4. The summed E-state index contributed by atoms with van der Waals surface area (Å²) < 4.78 is 26.6. The van der Waals surface area contributed by atoms with Crippen LogP contribution in [0.25, 0.3) is 0 Å². The standard InChI is InChI=1S/C19H20ClN7O4S/c1-3-26(4-2)32(30,31)15-8-6-14(7-9-15)24-18-17(27(28)29)19(23-12-22-18)25-16-10-5-13(20)11-21-16/h5-12H,3-4H2,1-2H3,(H2,21,22,23,24,25). The van der Waals surface area contributed by atoms with Crippen molar-refractivity contribution in [3.63, 3.8) is 0 Å². The van der Waals surface area contributed by atoms with E-state index in [4.69, 9.17) is 11.6 Å². The van der Waals surface area contributed by atoms with E-state index in [1.165, 1.54) is 34.8 Å². The number of nitrogens with zero attached hydrogens (tertiary/aromatic N) is 5. The molecule has 0 fully saturated rings. The minimum Gasteiger partial charge on any atom is -0.334 e. The number of nitrogens with one attached hydrogen (secondary N) is 2. The largest absolute Gasteiger partial charge is 0.353 e. The van der Waals surface area contributed by atoms with Crippen LogP contribution in [0.15, 0.2) is 53.8 Å². The van der Waals surface area contributed by atoms with E-state index in [1.54, 1.807) is 26.0 Å². The molecule has 1 aromatic carbocycles. The maximum atomic E-state index is 12.6. The average molecular weight is 478 g/mol. The molecule has 0 atom stereocenters. The van der Waals surface area contributed by atoms with Gasteiger partial charge in [-0.25, -0.2) is 23.4 Å². The van der Waals surface area contributed by atoms with Crippen molar-refractivity contribution in [2.75, 3.05) is 23.7 Å². The Bertz CT molecular complexity index is 1200. The first-order valence-corrected chi connectivity index (χ1v) is 11.3. The summed E-state index contributed by atoms with van der Waals surface area (Å²) in [5, 5.41) is 17.8. The second kappa shape index (κ2) is 9.85. The lowest BCUT2D eigenvalue weighted by Crippen LogP contribution is -2.30. The molecule has 0 saturated heterocycles. The Labute approximate surface area is 189 Å². The van der Waals surface area contributed by atoms with Gasteiger partial charge in [0.2, 0.25) is 21.7 Å². The molecule has 11 nitrogen and oxygen atoms in total. The zero-order valence-electron chi connectivity index (χ0n) is 17.2. The summed E-state index contributed by atoms with van der Waals surface area (Å²) in [6, 6.07) is 9.01. The van der Waals surface area contributed by atoms with Crippen LogP contribution in [0.4, 0.5) is 28.8 Å². The maximum Gasteiger partial charge on any atom is 0.353 e. The second-order valence-corrected chi connectivity index (χ2v) is 8.78. The second-order valence-electron chi connectivity index (χ2n) is 6.40. The van der Waals surface area contributed by atoms with Crippen molar-refractivity contribution in [3.8, 4) is 0 Å². The summed E-state index contributed by atoms with van der Waals surface area (Å²) in [7, 11) is -3.61. The summed E-state index contributed by atoms with van der Waals surface area (Å²) in [5.41, 5.74) is 0.0185. The molecule has 0 unspecified atom stereocenters. The number of anilines is 4. The molecule has 0 radical (unpaired) electrons. The Morgan fingerprint density at radius 2 is 1.62 bits per heavy atom. The van der Waals surface area contributed by atoms with E-state index in [9.17, 15) is 18.5 Å². The summed E-state index contributed by atoms with van der Waals surface area (Å²) in [4.78, 5) is 23.2. The lowest BCUT2D eigenvalue weighted by molar-refractivity contribution is -0.383. The van der Waals surface area contributed by atoms with Gasteiger partial charge in [-0.15, -0.1) is 0 Å². The molecule has 0 aliphatic heterocycles. The molecule has 0 saturated carbocycles. The predicted molar refractivity (Wildman–Crippen MR) is 121 cm³/mol. The van der Waals surface area contributed by atoms with E-state index < -0.39 is 20.6 Å². The molecule has 2 N–H and O–H groups in total. The molecular formula is C19H20ClN7O4S. The molecule has 2 aromatic heterocycles. The summed E-state index contributed by atoms with van der Waals surface area (Å²) in [5.74, 6) is 0.178. The van der Waals surface area contributed by atoms with Crippen LogP contribution in [0.1, 0.15) is 13.8 Å². The lowest BCUT2D eigenvalue weighted by Gasteiger charge is -2.18. The molecule has 32 heavy (non-hydrogen) atoms. The zero-order valence-corrected chi connectivity index (χ0v) is 18.8. The number of nitro groups is 1. The third-order valence-electron chi connectivity index (χ3n) is 4.44. The fraction of sp³-hybridized carbons (Fsp3) is 0.211. The molecule has 0 amide bonds. The molecule has 0 spiro atoms. The van der Waals surface area contributed by atoms with E-state index in [2.05, 4.69) is 25.6 Å². The number of rotatable bonds is 9. The molecule has 168 valence electrons. The highest BCUT2D eigenvalue weighted by Crippen LogP contribution is 2.33. The first-order valence-electron chi connectivity index (χ1n) is 9.51. The number of aromatic nitrogens is 3. The Balaban J connectivity index is 1.89. The minimum absolute atomic E-state index is 0.0666. The number of halogens is 1. The Hall–Kier alpha value is -3.35. The Morgan fingerprint density at radius 1 is 1.00 bits per heavy atom. The van der Waals surface area contributed by atoms with Crippen molar-refractivity contribution in [1.29, 1.82) is 0 Å². The van der Waals surface area contributed by atoms with Crippen molar-refractivity contribution in [2.45, 2.75) is 18.7 Å². The lowest BCUT2D eigenvalue weighted by atomic mass is 10.3. The molecule has 2 heterocycles. The topological polar surface area (TPSA) is 143 Å². The van der Waals surface area contributed by atoms with Crippen molar-refractivity contribution in [2.24, 2.45) is 0 Å². The predicted octanol–water partition coefficient (Wildman–Crippen LogP) is 3.95. The van der Waals surface area contributed by atoms with Gasteiger partial charge in [-0.3, -0.25) is 10.1 Å². The van der Waals surface area contributed by atoms with Crippen LogP contribution in [0.5, 0.6) is 0 Å². The third-order valence-corrected chi connectivity index (χ3v) is 6.73. The van der Waals surface area contributed by atoms with Gasteiger partial charge in [0.05, 0.1) is 14.8 Å². The minimum atomic E-state index is -3.61. The highest BCUT2D eigenvalue weighted by Gasteiger charge is 2.24. The van der Waals surface area contributed by atoms with Gasteiger partial charge in [-0.05, 0) is 36.4 Å². The average Bonchev–Trinajstić information content (AvgIpc) is 2.76. The fourth-order valence-corrected chi connectivity index (χ4v) is 4.44. The van der Waals surface area contributed by atoms with Gasteiger partial charge in [0.1, 0.15) is 12.1 Å². The molecule has 0 aliphatic carbocycles. The van der Waals surface area contributed by atoms with Crippen LogP contribution in [-0.2, 0) is 10.0 Å². The van der Waals surface area contributed by atoms with Gasteiger partial charge in [0.25, 0.3) is 0 Å². The fourth-order valence-electron chi connectivity index (χ4n) is 2.87. The van der Waals surface area contributed by atoms with Gasteiger partial charge >= 0.3 is 5.69 Å². The Kier molecular flexibility index (Phi) is 7.18. The number of sulfonamides is 1. The summed E-state index contributed by atoms with van der Waals surface area (Å²) >= 11 is 5.81. The van der Waals surface area contributed by atoms with Crippen molar-refractivity contribution in [1.82, 2.24) is 19.3 Å². The van der Waals surface area contributed by atoms with Gasteiger partial charge in [-0.1, -0.05) is 25.4 Å². The quantitative estimate of drug-likeness (QED) is 0.345. The Morgan fingerprint density at radius 3 is 2.16 bits per heavy atom. The van der Waals surface area contributed by atoms with Gasteiger partial charge in [-0.2, -0.15) is 4.31 Å². The van der Waals surface area contributed by atoms with Gasteiger partial charge in [0, 0.05) is 25.0 Å². The molecule has 3 rings (SSSR count). The van der Waals surface area contributed by atoms with E-state index >= 15 is 0 Å². The van der Waals surface area contributed by atoms with Gasteiger partial charge in [0.15, 0.2) is 0 Å². The number of benzene rings is 1. The SMILES string of the molecule is CCN(CC)S(=O)(=O)c1ccc(Nc2ncnc(Nc3ccc(Cl)cn3)c2[N+](=O)[O-])cc1. The number of pyridine rings is 1. The molecule has 3 aromatic rings. The third kappa shape index (κ3) is 5.10. The molecule has 13 heteroatoms. The van der Waals surface area contributed by atoms with Crippen LogP contribution < -0.4 is 10.6 Å². The van der Waals surface area contributed by atoms with Crippen LogP contribution in [-0.4, -0.2) is 45.7 Å². The van der Waals surface area contributed by atoms with E-state index in [0.717, 1.165) is 6.33 Å². The van der Waals surface area contributed by atoms with Crippen LogP contribution in [0, 0.1) is 10.1 Å². The van der Waals surface area contributed by atoms with Crippen molar-refractivity contribution >= 4 is 50.5 Å². The molecule has 0 bridgehead atoms. The van der Waals surface area contributed by atoms with Gasteiger partial charge < -0.3 is 10.6 Å². The number of hydrogen-bond donors (Lipinski definition) is 2. The first-order chi connectivity index (χ1) is 15.3. The smallest absolute Gasteiger partial charge is 0.334 e.